The summed E-state index contributed by atoms with van der Waals surface area (Å²) in [5.41, 5.74) is 7.93. The van der Waals surface area contributed by atoms with Crippen LogP contribution in [0.1, 0.15) is 30.4 Å². The minimum Gasteiger partial charge on any atom is -0.493 e. The molecule has 0 aromatic heterocycles. The van der Waals surface area contributed by atoms with Crippen molar-refractivity contribution < 1.29 is 9.47 Å². The summed E-state index contributed by atoms with van der Waals surface area (Å²) < 4.78 is 12.5. The average Bonchev–Trinajstić information content (AvgIpc) is 2.84. The van der Waals surface area contributed by atoms with E-state index in [-0.39, 0.29) is 0 Å². The zero-order valence-electron chi connectivity index (χ0n) is 10.7. The number of hydrogen-bond acceptors (Lipinski definition) is 3. The number of ether oxygens (including phenoxy) is 2. The number of benzene rings is 1. The second kappa shape index (κ2) is 6.55. The third kappa shape index (κ3) is 3.46. The molecule has 0 amide bonds. The van der Waals surface area contributed by atoms with Gasteiger partial charge in [-0.05, 0) is 37.5 Å². The molecule has 1 atom stereocenters. The van der Waals surface area contributed by atoms with Crippen LogP contribution in [-0.4, -0.2) is 19.3 Å². The highest BCUT2D eigenvalue weighted by Crippen LogP contribution is 2.28. The molecule has 0 aliphatic carbocycles. The van der Waals surface area contributed by atoms with Crippen molar-refractivity contribution >= 4 is 15.9 Å². The lowest BCUT2D eigenvalue weighted by molar-refractivity contribution is 0.0901. The van der Waals surface area contributed by atoms with E-state index in [0.717, 1.165) is 40.8 Å². The molecule has 1 unspecified atom stereocenters. The molecular formula is C14H20BrNO2. The van der Waals surface area contributed by atoms with E-state index in [1.807, 2.05) is 13.0 Å². The van der Waals surface area contributed by atoms with Gasteiger partial charge in [0.1, 0.15) is 5.75 Å². The fraction of sp³-hybridized carbons (Fsp3) is 0.571. The molecule has 0 saturated carbocycles. The minimum absolute atomic E-state index is 0.377. The predicted octanol–water partition coefficient (Wildman–Crippen LogP) is 3.16. The molecule has 1 fully saturated rings. The topological polar surface area (TPSA) is 44.5 Å². The normalized spacial score (nSPS) is 19.2. The molecule has 1 heterocycles. The summed E-state index contributed by atoms with van der Waals surface area (Å²) in [6.45, 7) is 4.14. The summed E-state index contributed by atoms with van der Waals surface area (Å²) in [7, 11) is 0. The van der Waals surface area contributed by atoms with Gasteiger partial charge in [0.25, 0.3) is 0 Å². The van der Waals surface area contributed by atoms with Gasteiger partial charge < -0.3 is 15.2 Å². The first-order chi connectivity index (χ1) is 8.70. The van der Waals surface area contributed by atoms with Gasteiger partial charge in [-0.25, -0.2) is 0 Å². The standard InChI is InChI=1S/C14H20BrNO2/c1-10-7-12(15)8-11(9-16)14(10)18-6-4-13-3-2-5-17-13/h7-8,13H,2-6,9,16H2,1H3. The van der Waals surface area contributed by atoms with E-state index in [9.17, 15) is 0 Å². The minimum atomic E-state index is 0.377. The molecule has 1 aliphatic rings. The first-order valence-electron chi connectivity index (χ1n) is 6.44. The molecule has 2 rings (SSSR count). The van der Waals surface area contributed by atoms with Crippen LogP contribution in [0.15, 0.2) is 16.6 Å². The summed E-state index contributed by atoms with van der Waals surface area (Å²) in [6.07, 6.45) is 3.67. The fourth-order valence-electron chi connectivity index (χ4n) is 2.32. The highest BCUT2D eigenvalue weighted by Gasteiger charge is 2.16. The Balaban J connectivity index is 1.95. The molecule has 0 spiro atoms. The highest BCUT2D eigenvalue weighted by atomic mass is 79.9. The Morgan fingerprint density at radius 3 is 3.00 bits per heavy atom. The van der Waals surface area contributed by atoms with E-state index in [0.29, 0.717) is 19.3 Å². The van der Waals surface area contributed by atoms with Crippen LogP contribution in [0.25, 0.3) is 0 Å². The summed E-state index contributed by atoms with van der Waals surface area (Å²) in [4.78, 5) is 0. The Hall–Kier alpha value is -0.580. The fourth-order valence-corrected chi connectivity index (χ4v) is 2.94. The maximum atomic E-state index is 5.89. The SMILES string of the molecule is Cc1cc(Br)cc(CN)c1OCCC1CCCO1. The first kappa shape index (κ1) is 13.8. The summed E-state index contributed by atoms with van der Waals surface area (Å²) in [5.74, 6) is 0.929. The van der Waals surface area contributed by atoms with Gasteiger partial charge in [-0.3, -0.25) is 0 Å². The van der Waals surface area contributed by atoms with E-state index in [1.54, 1.807) is 0 Å². The Morgan fingerprint density at radius 1 is 1.50 bits per heavy atom. The van der Waals surface area contributed by atoms with Crippen LogP contribution in [0, 0.1) is 6.92 Å². The lowest BCUT2D eigenvalue weighted by Crippen LogP contribution is -2.12. The van der Waals surface area contributed by atoms with Crippen molar-refractivity contribution in [1.29, 1.82) is 0 Å². The van der Waals surface area contributed by atoms with Gasteiger partial charge in [0.2, 0.25) is 0 Å². The number of hydrogen-bond donors (Lipinski definition) is 1. The van der Waals surface area contributed by atoms with Crippen molar-refractivity contribution in [1.82, 2.24) is 0 Å². The van der Waals surface area contributed by atoms with Crippen LogP contribution in [-0.2, 0) is 11.3 Å². The Morgan fingerprint density at radius 2 is 2.33 bits per heavy atom. The van der Waals surface area contributed by atoms with Gasteiger partial charge in [-0.15, -0.1) is 0 Å². The Bertz CT molecular complexity index is 403. The van der Waals surface area contributed by atoms with Gasteiger partial charge in [0, 0.05) is 29.6 Å². The number of nitrogens with two attached hydrogens (primary N) is 1. The van der Waals surface area contributed by atoms with Crippen LogP contribution >= 0.6 is 15.9 Å². The second-order valence-corrected chi connectivity index (χ2v) is 5.60. The van der Waals surface area contributed by atoms with Gasteiger partial charge in [0.15, 0.2) is 0 Å². The van der Waals surface area contributed by atoms with Crippen molar-refractivity contribution in [3.8, 4) is 5.75 Å². The van der Waals surface area contributed by atoms with Crippen LogP contribution < -0.4 is 10.5 Å². The molecule has 2 N–H and O–H groups in total. The third-order valence-corrected chi connectivity index (χ3v) is 3.70. The van der Waals surface area contributed by atoms with Crippen molar-refractivity contribution in [3.05, 3.63) is 27.7 Å². The van der Waals surface area contributed by atoms with Gasteiger partial charge in [-0.1, -0.05) is 15.9 Å². The molecule has 1 aromatic rings. The van der Waals surface area contributed by atoms with E-state index in [1.165, 1.54) is 6.42 Å². The van der Waals surface area contributed by atoms with Gasteiger partial charge in [0.05, 0.1) is 12.7 Å². The number of rotatable bonds is 5. The van der Waals surface area contributed by atoms with Crippen molar-refractivity contribution in [2.45, 2.75) is 38.8 Å². The van der Waals surface area contributed by atoms with Crippen LogP contribution in [0.5, 0.6) is 5.75 Å². The molecule has 1 aromatic carbocycles. The summed E-state index contributed by atoms with van der Waals surface area (Å²) >= 11 is 3.48. The van der Waals surface area contributed by atoms with E-state index >= 15 is 0 Å². The largest absolute Gasteiger partial charge is 0.493 e. The number of halogens is 1. The van der Waals surface area contributed by atoms with E-state index < -0.39 is 0 Å². The monoisotopic (exact) mass is 313 g/mol. The van der Waals surface area contributed by atoms with Gasteiger partial charge in [-0.2, -0.15) is 0 Å². The molecule has 1 aliphatic heterocycles. The smallest absolute Gasteiger partial charge is 0.126 e. The molecular weight excluding hydrogens is 294 g/mol. The lowest BCUT2D eigenvalue weighted by atomic mass is 10.1. The zero-order chi connectivity index (χ0) is 13.0. The predicted molar refractivity (Wildman–Crippen MR) is 75.9 cm³/mol. The van der Waals surface area contributed by atoms with Crippen molar-refractivity contribution in [2.24, 2.45) is 5.73 Å². The molecule has 3 nitrogen and oxygen atoms in total. The Kier molecular flexibility index (Phi) is 5.03. The zero-order valence-corrected chi connectivity index (χ0v) is 12.3. The molecule has 4 heteroatoms. The molecule has 1 saturated heterocycles. The van der Waals surface area contributed by atoms with Crippen LogP contribution in [0.2, 0.25) is 0 Å². The number of aryl methyl sites for hydroxylation is 1. The van der Waals surface area contributed by atoms with Gasteiger partial charge >= 0.3 is 0 Å². The highest BCUT2D eigenvalue weighted by molar-refractivity contribution is 9.10. The lowest BCUT2D eigenvalue weighted by Gasteiger charge is -2.15. The summed E-state index contributed by atoms with van der Waals surface area (Å²) in [5, 5.41) is 0. The van der Waals surface area contributed by atoms with Crippen molar-refractivity contribution in [3.63, 3.8) is 0 Å². The molecule has 0 bridgehead atoms. The van der Waals surface area contributed by atoms with E-state index in [4.69, 9.17) is 15.2 Å². The molecule has 100 valence electrons. The maximum absolute atomic E-state index is 5.89. The molecule has 0 radical (unpaired) electrons. The average molecular weight is 314 g/mol. The van der Waals surface area contributed by atoms with Crippen LogP contribution in [0.4, 0.5) is 0 Å². The molecule has 18 heavy (non-hydrogen) atoms. The third-order valence-electron chi connectivity index (χ3n) is 3.25. The second-order valence-electron chi connectivity index (χ2n) is 4.69. The Labute approximate surface area is 117 Å². The quantitative estimate of drug-likeness (QED) is 0.908. The van der Waals surface area contributed by atoms with Crippen LogP contribution in [0.3, 0.4) is 0 Å². The van der Waals surface area contributed by atoms with Crippen molar-refractivity contribution in [2.75, 3.05) is 13.2 Å². The maximum Gasteiger partial charge on any atom is 0.126 e. The van der Waals surface area contributed by atoms with E-state index in [2.05, 4.69) is 22.0 Å². The summed E-state index contributed by atoms with van der Waals surface area (Å²) in [6, 6.07) is 4.08. The first-order valence-corrected chi connectivity index (χ1v) is 7.23.